The van der Waals surface area contributed by atoms with Crippen molar-refractivity contribution in [3.63, 3.8) is 0 Å². The van der Waals surface area contributed by atoms with Gasteiger partial charge in [0.1, 0.15) is 12.0 Å². The van der Waals surface area contributed by atoms with Crippen LogP contribution in [0.5, 0.6) is 0 Å². The molecule has 1 N–H and O–H groups in total. The van der Waals surface area contributed by atoms with Gasteiger partial charge in [-0.25, -0.2) is 4.39 Å². The first-order valence-electron chi connectivity index (χ1n) is 8.04. The fourth-order valence-electron chi connectivity index (χ4n) is 2.97. The summed E-state index contributed by atoms with van der Waals surface area (Å²) in [6.07, 6.45) is 1.61. The summed E-state index contributed by atoms with van der Waals surface area (Å²) in [5.41, 5.74) is 2.91. The van der Waals surface area contributed by atoms with Gasteiger partial charge in [-0.15, -0.1) is 0 Å². The van der Waals surface area contributed by atoms with E-state index >= 15 is 0 Å². The van der Waals surface area contributed by atoms with Gasteiger partial charge in [-0.3, -0.25) is 4.79 Å². The summed E-state index contributed by atoms with van der Waals surface area (Å²) in [6, 6.07) is 12.6. The third-order valence-electron chi connectivity index (χ3n) is 4.23. The molecule has 1 aliphatic heterocycles. The Labute approximate surface area is 136 Å². The van der Waals surface area contributed by atoms with E-state index in [-0.39, 0.29) is 17.9 Å². The molecule has 0 radical (unpaired) electrons. The average molecular weight is 312 g/mol. The summed E-state index contributed by atoms with van der Waals surface area (Å²) in [5, 5.41) is 3.21. The van der Waals surface area contributed by atoms with Gasteiger partial charge in [0.05, 0.1) is 5.69 Å². The number of amides is 1. The molecule has 0 saturated heterocycles. The first kappa shape index (κ1) is 15.5. The highest BCUT2D eigenvalue weighted by atomic mass is 19.1. The lowest BCUT2D eigenvalue weighted by molar-refractivity contribution is 0.0740. The zero-order valence-electron chi connectivity index (χ0n) is 13.5. The zero-order chi connectivity index (χ0) is 16.4. The number of halogens is 1. The maximum absolute atomic E-state index is 14.2. The lowest BCUT2D eigenvalue weighted by atomic mass is 10.1. The molecule has 1 amide bonds. The maximum atomic E-state index is 14.2. The summed E-state index contributed by atoms with van der Waals surface area (Å²) >= 11 is 0. The van der Waals surface area contributed by atoms with Crippen LogP contribution in [0.25, 0.3) is 0 Å². The number of anilines is 1. The van der Waals surface area contributed by atoms with Crippen molar-refractivity contribution in [3.8, 4) is 0 Å². The number of aryl methyl sites for hydroxylation is 1. The number of benzene rings is 2. The van der Waals surface area contributed by atoms with Crippen LogP contribution in [0.3, 0.4) is 0 Å². The molecule has 2 aromatic carbocycles. The third kappa shape index (κ3) is 2.93. The second-order valence-corrected chi connectivity index (χ2v) is 5.97. The van der Waals surface area contributed by atoms with Crippen molar-refractivity contribution in [3.05, 3.63) is 65.0 Å². The van der Waals surface area contributed by atoms with Gasteiger partial charge in [-0.2, -0.15) is 0 Å². The second-order valence-electron chi connectivity index (χ2n) is 5.97. The van der Waals surface area contributed by atoms with E-state index in [0.29, 0.717) is 17.8 Å². The van der Waals surface area contributed by atoms with Gasteiger partial charge in [0.2, 0.25) is 0 Å². The van der Waals surface area contributed by atoms with E-state index in [1.54, 1.807) is 11.0 Å². The number of hydrogen-bond acceptors (Lipinski definition) is 2. The second kappa shape index (κ2) is 6.41. The Balaban J connectivity index is 1.94. The molecule has 1 aliphatic rings. The van der Waals surface area contributed by atoms with Crippen LogP contribution in [-0.2, 0) is 0 Å². The summed E-state index contributed by atoms with van der Waals surface area (Å²) in [4.78, 5) is 14.4. The highest BCUT2D eigenvalue weighted by molar-refractivity contribution is 5.99. The van der Waals surface area contributed by atoms with Gasteiger partial charge in [0.25, 0.3) is 5.91 Å². The van der Waals surface area contributed by atoms with Crippen molar-refractivity contribution in [2.75, 3.05) is 11.9 Å². The number of rotatable bonds is 5. The molecule has 0 saturated carbocycles. The van der Waals surface area contributed by atoms with E-state index < -0.39 is 0 Å². The molecule has 1 atom stereocenters. The van der Waals surface area contributed by atoms with Crippen LogP contribution < -0.4 is 5.32 Å². The molecule has 0 aliphatic carbocycles. The standard InChI is InChI=1S/C19H21FN2O/c1-3-4-11-22-18(14-7-5-6-8-15(14)19(22)23)21-17-10-9-13(2)12-16(17)20/h5-10,12,18,21H,3-4,11H2,1-2H3. The Bertz CT molecular complexity index is 729. The molecule has 23 heavy (non-hydrogen) atoms. The van der Waals surface area contributed by atoms with Gasteiger partial charge in [-0.05, 0) is 37.1 Å². The summed E-state index contributed by atoms with van der Waals surface area (Å²) in [5.74, 6) is -0.281. The predicted molar refractivity (Wildman–Crippen MR) is 89.9 cm³/mol. The maximum Gasteiger partial charge on any atom is 0.256 e. The number of carbonyl (C=O) groups is 1. The van der Waals surface area contributed by atoms with Gasteiger partial charge in [0, 0.05) is 17.7 Å². The molecule has 0 aromatic heterocycles. The van der Waals surface area contributed by atoms with Crippen LogP contribution in [-0.4, -0.2) is 17.4 Å². The van der Waals surface area contributed by atoms with E-state index in [1.807, 2.05) is 37.3 Å². The van der Waals surface area contributed by atoms with E-state index in [0.717, 1.165) is 24.0 Å². The van der Waals surface area contributed by atoms with Crippen molar-refractivity contribution in [2.24, 2.45) is 0 Å². The molecular weight excluding hydrogens is 291 g/mol. The van der Waals surface area contributed by atoms with Crippen LogP contribution in [0.4, 0.5) is 10.1 Å². The number of unbranched alkanes of at least 4 members (excludes halogenated alkanes) is 1. The first-order valence-corrected chi connectivity index (χ1v) is 8.04. The molecule has 3 nitrogen and oxygen atoms in total. The quantitative estimate of drug-likeness (QED) is 0.881. The van der Waals surface area contributed by atoms with Gasteiger partial charge in [-0.1, -0.05) is 37.6 Å². The number of hydrogen-bond donors (Lipinski definition) is 1. The Morgan fingerprint density at radius 3 is 2.74 bits per heavy atom. The summed E-state index contributed by atoms with van der Waals surface area (Å²) in [6.45, 7) is 4.61. The molecule has 3 rings (SSSR count). The lowest BCUT2D eigenvalue weighted by Crippen LogP contribution is -2.33. The average Bonchev–Trinajstić information content (AvgIpc) is 2.81. The van der Waals surface area contributed by atoms with Gasteiger partial charge < -0.3 is 10.2 Å². The monoisotopic (exact) mass is 312 g/mol. The molecule has 1 unspecified atom stereocenters. The molecule has 120 valence electrons. The number of nitrogens with zero attached hydrogens (tertiary/aromatic N) is 1. The fraction of sp³-hybridized carbons (Fsp3) is 0.316. The Kier molecular flexibility index (Phi) is 4.33. The van der Waals surface area contributed by atoms with Crippen LogP contribution in [0.2, 0.25) is 0 Å². The molecule has 1 heterocycles. The third-order valence-corrected chi connectivity index (χ3v) is 4.23. The number of nitrogens with one attached hydrogen (secondary N) is 1. The van der Waals surface area contributed by atoms with Crippen LogP contribution >= 0.6 is 0 Å². The minimum atomic E-state index is -0.317. The van der Waals surface area contributed by atoms with Crippen LogP contribution in [0, 0.1) is 12.7 Å². The van der Waals surface area contributed by atoms with E-state index in [1.165, 1.54) is 6.07 Å². The van der Waals surface area contributed by atoms with Crippen molar-refractivity contribution in [2.45, 2.75) is 32.9 Å². The first-order chi connectivity index (χ1) is 11.1. The van der Waals surface area contributed by atoms with Gasteiger partial charge >= 0.3 is 0 Å². The van der Waals surface area contributed by atoms with Crippen LogP contribution in [0.1, 0.15) is 47.4 Å². The topological polar surface area (TPSA) is 32.3 Å². The Morgan fingerprint density at radius 2 is 2.00 bits per heavy atom. The fourth-order valence-corrected chi connectivity index (χ4v) is 2.97. The molecule has 2 aromatic rings. The molecule has 0 spiro atoms. The largest absolute Gasteiger partial charge is 0.359 e. The Hall–Kier alpha value is -2.36. The summed E-state index contributed by atoms with van der Waals surface area (Å²) < 4.78 is 14.2. The highest BCUT2D eigenvalue weighted by Crippen LogP contribution is 2.35. The SMILES string of the molecule is CCCCN1C(=O)c2ccccc2C1Nc1ccc(C)cc1F. The smallest absolute Gasteiger partial charge is 0.256 e. The minimum Gasteiger partial charge on any atom is -0.359 e. The van der Waals surface area contributed by atoms with E-state index in [2.05, 4.69) is 12.2 Å². The van der Waals surface area contributed by atoms with Crippen molar-refractivity contribution in [1.82, 2.24) is 4.90 Å². The molecule has 0 bridgehead atoms. The van der Waals surface area contributed by atoms with E-state index in [4.69, 9.17) is 0 Å². The predicted octanol–water partition coefficient (Wildman–Crippen LogP) is 4.50. The molecular formula is C19H21FN2O. The summed E-state index contributed by atoms with van der Waals surface area (Å²) in [7, 11) is 0. The minimum absolute atomic E-state index is 0.0130. The van der Waals surface area contributed by atoms with Gasteiger partial charge in [0.15, 0.2) is 0 Å². The highest BCUT2D eigenvalue weighted by Gasteiger charge is 2.36. The van der Waals surface area contributed by atoms with Crippen molar-refractivity contribution >= 4 is 11.6 Å². The van der Waals surface area contributed by atoms with E-state index in [9.17, 15) is 9.18 Å². The van der Waals surface area contributed by atoms with Crippen molar-refractivity contribution in [1.29, 1.82) is 0 Å². The lowest BCUT2D eigenvalue weighted by Gasteiger charge is -2.27. The normalized spacial score (nSPS) is 16.6. The Morgan fingerprint density at radius 1 is 1.22 bits per heavy atom. The molecule has 0 fully saturated rings. The number of carbonyl (C=O) groups excluding carboxylic acids is 1. The van der Waals surface area contributed by atoms with Crippen LogP contribution in [0.15, 0.2) is 42.5 Å². The molecule has 4 heteroatoms. The zero-order valence-corrected chi connectivity index (χ0v) is 13.5. The van der Waals surface area contributed by atoms with Crippen molar-refractivity contribution < 1.29 is 9.18 Å². The number of fused-ring (bicyclic) bond motifs is 1.